The summed E-state index contributed by atoms with van der Waals surface area (Å²) < 4.78 is 10.7. The van der Waals surface area contributed by atoms with Crippen LogP contribution < -0.4 is 5.32 Å². The van der Waals surface area contributed by atoms with E-state index in [0.717, 1.165) is 0 Å². The van der Waals surface area contributed by atoms with Gasteiger partial charge in [0.05, 0.1) is 41.6 Å². The molecule has 1 saturated heterocycles. The predicted molar refractivity (Wildman–Crippen MR) is 67.2 cm³/mol. The van der Waals surface area contributed by atoms with Crippen LogP contribution in [0.4, 0.5) is 11.4 Å². The highest BCUT2D eigenvalue weighted by Gasteiger charge is 2.15. The van der Waals surface area contributed by atoms with Crippen molar-refractivity contribution in [3.8, 4) is 0 Å². The number of ether oxygens (including phenoxy) is 2. The molecule has 0 spiro atoms. The van der Waals surface area contributed by atoms with Crippen molar-refractivity contribution in [1.82, 2.24) is 0 Å². The number of rotatable bonds is 4. The fourth-order valence-corrected chi connectivity index (χ4v) is 1.88. The van der Waals surface area contributed by atoms with Gasteiger partial charge in [0.15, 0.2) is 0 Å². The van der Waals surface area contributed by atoms with Crippen molar-refractivity contribution in [3.63, 3.8) is 0 Å². The monoisotopic (exact) mass is 272 g/mol. The lowest BCUT2D eigenvalue weighted by Gasteiger charge is -2.23. The Morgan fingerprint density at radius 2 is 2.33 bits per heavy atom. The summed E-state index contributed by atoms with van der Waals surface area (Å²) in [6, 6.07) is 4.32. The van der Waals surface area contributed by atoms with E-state index < -0.39 is 4.92 Å². The lowest BCUT2D eigenvalue weighted by molar-refractivity contribution is -0.384. The Labute approximate surface area is 109 Å². The van der Waals surface area contributed by atoms with E-state index in [4.69, 9.17) is 21.1 Å². The molecule has 1 aromatic rings. The molecule has 6 nitrogen and oxygen atoms in total. The average molecular weight is 273 g/mol. The van der Waals surface area contributed by atoms with Crippen LogP contribution in [0.3, 0.4) is 0 Å². The van der Waals surface area contributed by atoms with Crippen molar-refractivity contribution >= 4 is 23.0 Å². The number of benzene rings is 1. The Hall–Kier alpha value is -1.37. The van der Waals surface area contributed by atoms with E-state index in [1.165, 1.54) is 12.1 Å². The Kier molecular flexibility index (Phi) is 4.35. The van der Waals surface area contributed by atoms with E-state index in [1.54, 1.807) is 6.07 Å². The molecule has 1 N–H and O–H groups in total. The van der Waals surface area contributed by atoms with Crippen LogP contribution in [-0.4, -0.2) is 37.4 Å². The van der Waals surface area contributed by atoms with Gasteiger partial charge >= 0.3 is 0 Å². The summed E-state index contributed by atoms with van der Waals surface area (Å²) in [6.45, 7) is 2.30. The maximum Gasteiger partial charge on any atom is 0.271 e. The van der Waals surface area contributed by atoms with E-state index in [2.05, 4.69) is 5.32 Å². The Morgan fingerprint density at radius 3 is 2.94 bits per heavy atom. The number of nitro benzene ring substituents is 1. The van der Waals surface area contributed by atoms with Gasteiger partial charge in [0, 0.05) is 18.7 Å². The molecular formula is C11H13ClN2O4. The number of hydrogen-bond donors (Lipinski definition) is 1. The van der Waals surface area contributed by atoms with E-state index in [0.29, 0.717) is 37.1 Å². The smallest absolute Gasteiger partial charge is 0.271 e. The normalized spacial score (nSPS) is 19.5. The third-order valence-corrected chi connectivity index (χ3v) is 2.88. The van der Waals surface area contributed by atoms with Crippen molar-refractivity contribution in [3.05, 3.63) is 33.3 Å². The van der Waals surface area contributed by atoms with E-state index in [1.807, 2.05) is 0 Å². The average Bonchev–Trinajstić information content (AvgIpc) is 2.38. The lowest BCUT2D eigenvalue weighted by atomic mass is 10.2. The van der Waals surface area contributed by atoms with Crippen molar-refractivity contribution < 1.29 is 14.4 Å². The minimum atomic E-state index is -0.478. The van der Waals surface area contributed by atoms with Crippen LogP contribution in [0.1, 0.15) is 0 Å². The highest BCUT2D eigenvalue weighted by atomic mass is 35.5. The highest BCUT2D eigenvalue weighted by Crippen LogP contribution is 2.26. The fourth-order valence-electron chi connectivity index (χ4n) is 1.64. The van der Waals surface area contributed by atoms with Gasteiger partial charge in [-0.2, -0.15) is 0 Å². The van der Waals surface area contributed by atoms with Gasteiger partial charge in [-0.15, -0.1) is 0 Å². The van der Waals surface area contributed by atoms with Crippen LogP contribution in [0.2, 0.25) is 5.02 Å². The zero-order chi connectivity index (χ0) is 13.0. The molecule has 1 fully saturated rings. The molecule has 0 saturated carbocycles. The number of nitrogens with one attached hydrogen (secondary N) is 1. The number of anilines is 1. The van der Waals surface area contributed by atoms with Crippen LogP contribution in [-0.2, 0) is 9.47 Å². The number of hydrogen-bond acceptors (Lipinski definition) is 5. The van der Waals surface area contributed by atoms with Crippen molar-refractivity contribution in [2.75, 3.05) is 31.7 Å². The minimum absolute atomic E-state index is 0.0231. The van der Waals surface area contributed by atoms with Crippen LogP contribution >= 0.6 is 11.6 Å². The van der Waals surface area contributed by atoms with E-state index >= 15 is 0 Å². The summed E-state index contributed by atoms with van der Waals surface area (Å²) in [7, 11) is 0. The van der Waals surface area contributed by atoms with Crippen molar-refractivity contribution in [2.24, 2.45) is 0 Å². The Bertz CT molecular complexity index is 435. The second-order valence-electron chi connectivity index (χ2n) is 3.87. The molecule has 18 heavy (non-hydrogen) atoms. The molecule has 0 radical (unpaired) electrons. The summed E-state index contributed by atoms with van der Waals surface area (Å²) in [5, 5.41) is 14.0. The largest absolute Gasteiger partial charge is 0.381 e. The Balaban J connectivity index is 1.94. The SMILES string of the molecule is O=[N+]([O-])c1ccc(NCC2COCCO2)c(Cl)c1. The summed E-state index contributed by atoms with van der Waals surface area (Å²) in [5.41, 5.74) is 0.624. The third-order valence-electron chi connectivity index (χ3n) is 2.57. The van der Waals surface area contributed by atoms with Gasteiger partial charge < -0.3 is 14.8 Å². The van der Waals surface area contributed by atoms with Crippen LogP contribution in [0.25, 0.3) is 0 Å². The van der Waals surface area contributed by atoms with Crippen molar-refractivity contribution in [1.29, 1.82) is 0 Å². The third kappa shape index (κ3) is 3.32. The molecule has 1 aliphatic rings. The van der Waals surface area contributed by atoms with Gasteiger partial charge in [0.1, 0.15) is 0 Å². The van der Waals surface area contributed by atoms with Crippen LogP contribution in [0, 0.1) is 10.1 Å². The first kappa shape index (κ1) is 13.1. The molecule has 2 rings (SSSR count). The van der Waals surface area contributed by atoms with Gasteiger partial charge in [0.25, 0.3) is 5.69 Å². The molecule has 0 aliphatic carbocycles. The van der Waals surface area contributed by atoms with E-state index in [-0.39, 0.29) is 11.8 Å². The van der Waals surface area contributed by atoms with E-state index in [9.17, 15) is 10.1 Å². The number of nitrogens with zero attached hydrogens (tertiary/aromatic N) is 1. The molecule has 0 amide bonds. The molecular weight excluding hydrogens is 260 g/mol. The first-order valence-electron chi connectivity index (χ1n) is 5.54. The van der Waals surface area contributed by atoms with Crippen LogP contribution in [0.15, 0.2) is 18.2 Å². The maximum atomic E-state index is 10.6. The first-order valence-corrected chi connectivity index (χ1v) is 5.92. The lowest BCUT2D eigenvalue weighted by Crippen LogP contribution is -2.34. The van der Waals surface area contributed by atoms with Crippen molar-refractivity contribution in [2.45, 2.75) is 6.10 Å². The quantitative estimate of drug-likeness (QED) is 0.671. The second-order valence-corrected chi connectivity index (χ2v) is 4.28. The molecule has 7 heteroatoms. The molecule has 98 valence electrons. The number of non-ortho nitro benzene ring substituents is 1. The van der Waals surface area contributed by atoms with Gasteiger partial charge in [-0.1, -0.05) is 11.6 Å². The van der Waals surface area contributed by atoms with Crippen LogP contribution in [0.5, 0.6) is 0 Å². The minimum Gasteiger partial charge on any atom is -0.381 e. The maximum absolute atomic E-state index is 10.6. The summed E-state index contributed by atoms with van der Waals surface area (Å²) in [5.74, 6) is 0. The Morgan fingerprint density at radius 1 is 1.50 bits per heavy atom. The number of nitro groups is 1. The molecule has 1 aromatic carbocycles. The summed E-state index contributed by atoms with van der Waals surface area (Å²) >= 11 is 5.95. The summed E-state index contributed by atoms with van der Waals surface area (Å²) in [6.07, 6.45) is -0.0231. The predicted octanol–water partition coefficient (Wildman–Crippen LogP) is 2.08. The fraction of sp³-hybridized carbons (Fsp3) is 0.455. The molecule has 1 heterocycles. The highest BCUT2D eigenvalue weighted by molar-refractivity contribution is 6.33. The molecule has 1 unspecified atom stereocenters. The second kappa shape index (κ2) is 5.99. The van der Waals surface area contributed by atoms with Gasteiger partial charge in [-0.25, -0.2) is 0 Å². The first-order chi connectivity index (χ1) is 8.66. The number of halogens is 1. The van der Waals surface area contributed by atoms with Gasteiger partial charge in [0.2, 0.25) is 0 Å². The topological polar surface area (TPSA) is 73.6 Å². The standard InChI is InChI=1S/C11H13ClN2O4/c12-10-5-8(14(15)16)1-2-11(10)13-6-9-7-17-3-4-18-9/h1-2,5,9,13H,3-4,6-7H2. The molecule has 1 aliphatic heterocycles. The summed E-state index contributed by atoms with van der Waals surface area (Å²) in [4.78, 5) is 10.1. The molecule has 0 aromatic heterocycles. The zero-order valence-corrected chi connectivity index (χ0v) is 10.4. The zero-order valence-electron chi connectivity index (χ0n) is 9.60. The van der Waals surface area contributed by atoms with Gasteiger partial charge in [-0.3, -0.25) is 10.1 Å². The molecule has 0 bridgehead atoms. The molecule has 1 atom stereocenters. The van der Waals surface area contributed by atoms with Gasteiger partial charge in [-0.05, 0) is 6.07 Å².